The number of likely N-dealkylation sites (tertiary alicyclic amines) is 1. The van der Waals surface area contributed by atoms with Gasteiger partial charge in [0.15, 0.2) is 9.84 Å². The Morgan fingerprint density at radius 1 is 1.16 bits per heavy atom. The van der Waals surface area contributed by atoms with Crippen molar-refractivity contribution in [1.29, 1.82) is 0 Å². The Kier molecular flexibility index (Phi) is 8.02. The van der Waals surface area contributed by atoms with Crippen LogP contribution in [0.5, 0.6) is 0 Å². The number of aromatic nitrogens is 2. The summed E-state index contributed by atoms with van der Waals surface area (Å²) >= 11 is 12.5. The number of likely N-dealkylation sites (N-methyl/N-ethyl adjacent to an activating group) is 1. The van der Waals surface area contributed by atoms with Crippen LogP contribution in [-0.4, -0.2) is 54.8 Å². The highest BCUT2D eigenvalue weighted by Gasteiger charge is 2.37. The molecule has 0 radical (unpaired) electrons. The summed E-state index contributed by atoms with van der Waals surface area (Å²) in [7, 11) is -1.98. The van der Waals surface area contributed by atoms with E-state index < -0.39 is 44.8 Å². The lowest BCUT2D eigenvalue weighted by Crippen LogP contribution is -2.36. The average molecular weight is 593 g/mol. The monoisotopic (exact) mass is 592 g/mol. The number of hydrogen-bond acceptors (Lipinski definition) is 6. The fourth-order valence-electron chi connectivity index (χ4n) is 4.68. The molecule has 2 N–H and O–H groups in total. The Balaban J connectivity index is 1.88. The quantitative estimate of drug-likeness (QED) is 0.434. The lowest BCUT2D eigenvalue weighted by molar-refractivity contribution is -0.138. The molecule has 1 aromatic heterocycles. The van der Waals surface area contributed by atoms with E-state index >= 15 is 0 Å². The predicted molar refractivity (Wildman–Crippen MR) is 140 cm³/mol. The number of H-pyrrole nitrogens is 1. The largest absolute Gasteiger partial charge is 0.416 e. The summed E-state index contributed by atoms with van der Waals surface area (Å²) in [6.45, 7) is 1.86. The highest BCUT2D eigenvalue weighted by Crippen LogP contribution is 2.39. The minimum absolute atomic E-state index is 0.0539. The van der Waals surface area contributed by atoms with Crippen molar-refractivity contribution in [2.75, 3.05) is 25.9 Å². The van der Waals surface area contributed by atoms with Crippen LogP contribution in [0.25, 0.3) is 10.9 Å². The van der Waals surface area contributed by atoms with Crippen LogP contribution >= 0.6 is 23.2 Å². The average Bonchev–Trinajstić information content (AvgIpc) is 3.30. The first kappa shape index (κ1) is 28.6. The molecule has 0 aliphatic carbocycles. The Labute approximate surface area is 226 Å². The molecule has 4 rings (SSSR count). The summed E-state index contributed by atoms with van der Waals surface area (Å²) in [6.07, 6.45) is -4.07. The van der Waals surface area contributed by atoms with Gasteiger partial charge in [-0.2, -0.15) is 13.2 Å². The zero-order valence-electron chi connectivity index (χ0n) is 20.5. The number of hydrogen-bond donors (Lipinski definition) is 2. The number of nitrogens with one attached hydrogen (secondary N) is 2. The Hall–Kier alpha value is -2.38. The second kappa shape index (κ2) is 10.6. The molecular formula is C24H25Cl2F3N4O4S. The van der Waals surface area contributed by atoms with Gasteiger partial charge in [0, 0.05) is 30.7 Å². The van der Waals surface area contributed by atoms with Gasteiger partial charge in [0.2, 0.25) is 0 Å². The zero-order chi connectivity index (χ0) is 28.0. The summed E-state index contributed by atoms with van der Waals surface area (Å²) in [6, 6.07) is 4.74. The molecule has 0 saturated carbocycles. The summed E-state index contributed by atoms with van der Waals surface area (Å²) in [5, 5.41) is 2.46. The molecule has 0 bridgehead atoms. The highest BCUT2D eigenvalue weighted by atomic mass is 35.5. The molecule has 206 valence electrons. The topological polar surface area (TPSA) is 104 Å². The van der Waals surface area contributed by atoms with Crippen molar-refractivity contribution in [1.82, 2.24) is 19.8 Å². The van der Waals surface area contributed by atoms with Crippen molar-refractivity contribution in [3.05, 3.63) is 71.8 Å². The Bertz CT molecular complexity index is 1620. The summed E-state index contributed by atoms with van der Waals surface area (Å²) in [5.74, 6) is -0.246. The molecule has 0 unspecified atom stereocenters. The molecule has 1 aliphatic heterocycles. The van der Waals surface area contributed by atoms with Crippen molar-refractivity contribution in [2.24, 2.45) is 0 Å². The number of aromatic amines is 1. The molecule has 2 heterocycles. The summed E-state index contributed by atoms with van der Waals surface area (Å²) < 4.78 is 68.2. The molecule has 1 saturated heterocycles. The van der Waals surface area contributed by atoms with Gasteiger partial charge >= 0.3 is 11.9 Å². The van der Waals surface area contributed by atoms with Crippen LogP contribution in [0.2, 0.25) is 10.0 Å². The van der Waals surface area contributed by atoms with Gasteiger partial charge in [-0.05, 0) is 48.9 Å². The third kappa shape index (κ3) is 5.50. The normalized spacial score (nSPS) is 17.0. The second-order valence-electron chi connectivity index (χ2n) is 9.12. The lowest BCUT2D eigenvalue weighted by atomic mass is 10.0. The maximum atomic E-state index is 14.1. The van der Waals surface area contributed by atoms with Crippen molar-refractivity contribution in [3.8, 4) is 0 Å². The molecular weight excluding hydrogens is 568 g/mol. The van der Waals surface area contributed by atoms with Crippen LogP contribution in [-0.2, 0) is 29.1 Å². The van der Waals surface area contributed by atoms with Crippen LogP contribution in [0.4, 0.5) is 13.2 Å². The summed E-state index contributed by atoms with van der Waals surface area (Å²) in [4.78, 5) is 30.4. The number of alkyl halides is 3. The van der Waals surface area contributed by atoms with Gasteiger partial charge in [0.05, 0.1) is 38.7 Å². The SMILES string of the molecule is CCS(=O)(=O)c1ccc(Cl)cc1Cn1c(=O)[nH]c2c(Cl)c(CN3CC[C@@H](NC)C3)c(C(F)(F)F)cc2c1=O. The second-order valence-corrected chi connectivity index (χ2v) is 12.2. The maximum Gasteiger partial charge on any atom is 0.416 e. The first-order chi connectivity index (χ1) is 17.8. The predicted octanol–water partition coefficient (Wildman–Crippen LogP) is 3.65. The Morgan fingerprint density at radius 2 is 1.87 bits per heavy atom. The van der Waals surface area contributed by atoms with Gasteiger partial charge in [-0.15, -0.1) is 0 Å². The van der Waals surface area contributed by atoms with E-state index in [0.29, 0.717) is 23.7 Å². The third-order valence-electron chi connectivity index (χ3n) is 6.75. The van der Waals surface area contributed by atoms with E-state index in [0.717, 1.165) is 6.42 Å². The van der Waals surface area contributed by atoms with Crippen molar-refractivity contribution >= 4 is 43.9 Å². The standard InChI is InChI=1S/C24H25Cl2F3N4O4S/c1-3-38(36,37)19-5-4-14(25)8-13(19)10-33-22(34)16-9-18(24(27,28)29)17(20(26)21(16)31-23(33)35)12-32-7-6-15(11-32)30-2/h4-5,8-9,15,30H,3,6-7,10-12H2,1-2H3,(H,31,35)/t15-/m1/s1. The minimum atomic E-state index is -4.82. The van der Waals surface area contributed by atoms with E-state index in [1.165, 1.54) is 25.1 Å². The van der Waals surface area contributed by atoms with Crippen molar-refractivity contribution in [2.45, 2.75) is 43.5 Å². The molecule has 3 aromatic rings. The highest BCUT2D eigenvalue weighted by molar-refractivity contribution is 7.91. The fourth-order valence-corrected chi connectivity index (χ4v) is 6.30. The van der Waals surface area contributed by atoms with Crippen LogP contribution < -0.4 is 16.6 Å². The first-order valence-electron chi connectivity index (χ1n) is 11.7. The molecule has 38 heavy (non-hydrogen) atoms. The number of halogens is 5. The summed E-state index contributed by atoms with van der Waals surface area (Å²) in [5.41, 5.74) is -3.46. The third-order valence-corrected chi connectivity index (χ3v) is 9.23. The van der Waals surface area contributed by atoms with Gasteiger partial charge in [0.1, 0.15) is 0 Å². The van der Waals surface area contributed by atoms with Gasteiger partial charge in [-0.25, -0.2) is 13.2 Å². The van der Waals surface area contributed by atoms with Crippen LogP contribution in [0.3, 0.4) is 0 Å². The fraction of sp³-hybridized carbons (Fsp3) is 0.417. The molecule has 2 aromatic carbocycles. The molecule has 8 nitrogen and oxygen atoms in total. The molecule has 0 amide bonds. The van der Waals surface area contributed by atoms with E-state index in [1.807, 2.05) is 4.90 Å². The zero-order valence-corrected chi connectivity index (χ0v) is 22.8. The lowest BCUT2D eigenvalue weighted by Gasteiger charge is -2.22. The van der Waals surface area contributed by atoms with Crippen molar-refractivity contribution < 1.29 is 21.6 Å². The molecule has 1 atom stereocenters. The number of nitrogens with zero attached hydrogens (tertiary/aromatic N) is 2. The van der Waals surface area contributed by atoms with Crippen LogP contribution in [0.1, 0.15) is 30.0 Å². The van der Waals surface area contributed by atoms with Crippen LogP contribution in [0.15, 0.2) is 38.8 Å². The molecule has 1 aliphatic rings. The number of benzene rings is 2. The van der Waals surface area contributed by atoms with E-state index in [-0.39, 0.29) is 49.9 Å². The van der Waals surface area contributed by atoms with E-state index in [4.69, 9.17) is 23.2 Å². The molecule has 0 spiro atoms. The number of rotatable bonds is 7. The van der Waals surface area contributed by atoms with Gasteiger partial charge in [0.25, 0.3) is 5.56 Å². The number of fused-ring (bicyclic) bond motifs is 1. The Morgan fingerprint density at radius 3 is 2.47 bits per heavy atom. The van der Waals surface area contributed by atoms with Crippen LogP contribution in [0, 0.1) is 0 Å². The van der Waals surface area contributed by atoms with Gasteiger partial charge in [-0.3, -0.25) is 14.3 Å². The van der Waals surface area contributed by atoms with E-state index in [1.54, 1.807) is 7.05 Å². The minimum Gasteiger partial charge on any atom is -0.316 e. The first-order valence-corrected chi connectivity index (χ1v) is 14.1. The molecule has 1 fully saturated rings. The van der Waals surface area contributed by atoms with Gasteiger partial charge < -0.3 is 10.3 Å². The van der Waals surface area contributed by atoms with E-state index in [2.05, 4.69) is 10.3 Å². The number of sulfone groups is 1. The maximum absolute atomic E-state index is 14.1. The van der Waals surface area contributed by atoms with Gasteiger partial charge in [-0.1, -0.05) is 30.1 Å². The van der Waals surface area contributed by atoms with Crippen molar-refractivity contribution in [3.63, 3.8) is 0 Å². The smallest absolute Gasteiger partial charge is 0.316 e. The molecule has 14 heteroatoms. The van der Waals surface area contributed by atoms with E-state index in [9.17, 15) is 31.2 Å².